The van der Waals surface area contributed by atoms with Crippen LogP contribution < -0.4 is 5.32 Å². The van der Waals surface area contributed by atoms with E-state index in [4.69, 9.17) is 0 Å². The van der Waals surface area contributed by atoms with Crippen LogP contribution >= 0.6 is 23.1 Å². The first-order valence-corrected chi connectivity index (χ1v) is 9.13. The topological polar surface area (TPSA) is 42.0 Å². The number of carbonyl (C=O) groups is 1. The summed E-state index contributed by atoms with van der Waals surface area (Å²) >= 11 is 3.38. The number of benzene rings is 2. The number of hydrogen-bond donors (Lipinski definition) is 1. The number of thioether (sulfide) groups is 1. The lowest BCUT2D eigenvalue weighted by Gasteiger charge is -2.07. The number of fused-ring (bicyclic) bond motifs is 1. The lowest BCUT2D eigenvalue weighted by Crippen LogP contribution is -2.11. The summed E-state index contributed by atoms with van der Waals surface area (Å²) in [5.74, 6) is 0.830. The summed E-state index contributed by atoms with van der Waals surface area (Å²) in [5.41, 5.74) is 3.62. The molecule has 3 rings (SSSR count). The Morgan fingerprint density at radius 2 is 2.14 bits per heavy atom. The van der Waals surface area contributed by atoms with Gasteiger partial charge in [0.1, 0.15) is 0 Å². The van der Waals surface area contributed by atoms with Gasteiger partial charge in [0.15, 0.2) is 0 Å². The summed E-state index contributed by atoms with van der Waals surface area (Å²) in [6.07, 6.45) is 2.05. The number of carbonyl (C=O) groups excluding carboxylic acids is 1. The van der Waals surface area contributed by atoms with Crippen molar-refractivity contribution in [2.45, 2.75) is 12.7 Å². The van der Waals surface area contributed by atoms with Crippen LogP contribution in [0, 0.1) is 6.92 Å². The molecule has 1 aromatic heterocycles. The van der Waals surface area contributed by atoms with Gasteiger partial charge in [-0.05, 0) is 49.1 Å². The number of hydrogen-bond acceptors (Lipinski definition) is 4. The summed E-state index contributed by atoms with van der Waals surface area (Å²) in [6, 6.07) is 13.6. The Kier molecular flexibility index (Phi) is 4.45. The minimum Gasteiger partial charge on any atom is -0.322 e. The lowest BCUT2D eigenvalue weighted by molar-refractivity contribution is 0.102. The molecule has 22 heavy (non-hydrogen) atoms. The van der Waals surface area contributed by atoms with Gasteiger partial charge < -0.3 is 5.32 Å². The molecular formula is C17H16N2OS2. The molecule has 1 N–H and O–H groups in total. The quantitative estimate of drug-likeness (QED) is 0.753. The van der Waals surface area contributed by atoms with Crippen LogP contribution in [0.2, 0.25) is 0 Å². The van der Waals surface area contributed by atoms with E-state index in [2.05, 4.69) is 16.6 Å². The van der Waals surface area contributed by atoms with E-state index < -0.39 is 0 Å². The summed E-state index contributed by atoms with van der Waals surface area (Å²) in [5, 5.41) is 3.99. The molecule has 3 nitrogen and oxygen atoms in total. The van der Waals surface area contributed by atoms with Crippen molar-refractivity contribution in [1.29, 1.82) is 0 Å². The largest absolute Gasteiger partial charge is 0.322 e. The average Bonchev–Trinajstić information content (AvgIpc) is 2.87. The monoisotopic (exact) mass is 328 g/mol. The van der Waals surface area contributed by atoms with E-state index in [1.807, 2.05) is 49.4 Å². The molecule has 0 aliphatic heterocycles. The molecule has 0 atom stereocenters. The van der Waals surface area contributed by atoms with Crippen LogP contribution in [-0.4, -0.2) is 17.1 Å². The summed E-state index contributed by atoms with van der Waals surface area (Å²) in [7, 11) is 0. The van der Waals surface area contributed by atoms with Gasteiger partial charge >= 0.3 is 0 Å². The molecule has 2 aromatic carbocycles. The van der Waals surface area contributed by atoms with E-state index in [9.17, 15) is 4.79 Å². The zero-order valence-electron chi connectivity index (χ0n) is 12.4. The van der Waals surface area contributed by atoms with Crippen molar-refractivity contribution in [3.63, 3.8) is 0 Å². The standard InChI is InChI=1S/C17H16N2OS2/c1-11-18-15-7-6-14(9-16(15)22-11)19-17(20)13-5-3-4-12(8-13)10-21-2/h3-9H,10H2,1-2H3,(H,19,20). The van der Waals surface area contributed by atoms with Gasteiger partial charge in [0.25, 0.3) is 5.91 Å². The number of nitrogens with zero attached hydrogens (tertiary/aromatic N) is 1. The molecule has 0 saturated heterocycles. The highest BCUT2D eigenvalue weighted by Crippen LogP contribution is 2.25. The van der Waals surface area contributed by atoms with E-state index >= 15 is 0 Å². The fraction of sp³-hybridized carbons (Fsp3) is 0.176. The van der Waals surface area contributed by atoms with Crippen molar-refractivity contribution in [2.24, 2.45) is 0 Å². The molecule has 3 aromatic rings. The van der Waals surface area contributed by atoms with Crippen LogP contribution in [0.1, 0.15) is 20.9 Å². The molecule has 0 spiro atoms. The molecule has 0 fully saturated rings. The number of aryl methyl sites for hydroxylation is 1. The normalized spacial score (nSPS) is 10.8. The van der Waals surface area contributed by atoms with Gasteiger partial charge in [-0.2, -0.15) is 11.8 Å². The molecule has 0 bridgehead atoms. The Morgan fingerprint density at radius 1 is 1.27 bits per heavy atom. The van der Waals surface area contributed by atoms with Gasteiger partial charge in [-0.25, -0.2) is 4.98 Å². The van der Waals surface area contributed by atoms with Gasteiger partial charge in [-0.1, -0.05) is 12.1 Å². The minimum absolute atomic E-state index is 0.0801. The van der Waals surface area contributed by atoms with Gasteiger partial charge in [-0.15, -0.1) is 11.3 Å². The van der Waals surface area contributed by atoms with Crippen molar-refractivity contribution in [1.82, 2.24) is 4.98 Å². The number of thiazole rings is 1. The third-order valence-electron chi connectivity index (χ3n) is 3.25. The van der Waals surface area contributed by atoms with Crippen molar-refractivity contribution < 1.29 is 4.79 Å². The van der Waals surface area contributed by atoms with Gasteiger partial charge in [-0.3, -0.25) is 4.79 Å². The summed E-state index contributed by atoms with van der Waals surface area (Å²) in [4.78, 5) is 16.8. The Hall–Kier alpha value is -1.85. The summed E-state index contributed by atoms with van der Waals surface area (Å²) in [6.45, 7) is 1.99. The molecule has 5 heteroatoms. The molecule has 112 valence electrons. The molecule has 0 unspecified atom stereocenters. The maximum absolute atomic E-state index is 12.4. The van der Waals surface area contributed by atoms with Crippen LogP contribution in [0.25, 0.3) is 10.2 Å². The van der Waals surface area contributed by atoms with Crippen LogP contribution in [0.3, 0.4) is 0 Å². The maximum atomic E-state index is 12.4. The van der Waals surface area contributed by atoms with Gasteiger partial charge in [0, 0.05) is 17.0 Å². The van der Waals surface area contributed by atoms with Crippen molar-refractivity contribution >= 4 is 44.9 Å². The zero-order chi connectivity index (χ0) is 15.5. The Balaban J connectivity index is 1.81. The predicted molar refractivity (Wildman–Crippen MR) is 96.0 cm³/mol. The van der Waals surface area contributed by atoms with Crippen molar-refractivity contribution in [3.8, 4) is 0 Å². The molecule has 0 saturated carbocycles. The highest BCUT2D eigenvalue weighted by Gasteiger charge is 2.08. The molecular weight excluding hydrogens is 312 g/mol. The molecule has 1 heterocycles. The van der Waals surface area contributed by atoms with E-state index in [0.717, 1.165) is 32.2 Å². The van der Waals surface area contributed by atoms with E-state index in [1.165, 1.54) is 0 Å². The van der Waals surface area contributed by atoms with E-state index in [-0.39, 0.29) is 5.91 Å². The van der Waals surface area contributed by atoms with Crippen LogP contribution in [0.4, 0.5) is 5.69 Å². The minimum atomic E-state index is -0.0801. The van der Waals surface area contributed by atoms with Crippen LogP contribution in [0.5, 0.6) is 0 Å². The van der Waals surface area contributed by atoms with Crippen LogP contribution in [-0.2, 0) is 5.75 Å². The second-order valence-electron chi connectivity index (χ2n) is 5.00. The second-order valence-corrected chi connectivity index (χ2v) is 7.10. The lowest BCUT2D eigenvalue weighted by atomic mass is 10.1. The number of nitrogens with one attached hydrogen (secondary N) is 1. The fourth-order valence-electron chi connectivity index (χ4n) is 2.29. The van der Waals surface area contributed by atoms with Gasteiger partial charge in [0.05, 0.1) is 15.2 Å². The van der Waals surface area contributed by atoms with Crippen LogP contribution in [0.15, 0.2) is 42.5 Å². The summed E-state index contributed by atoms with van der Waals surface area (Å²) < 4.78 is 1.09. The molecule has 0 aliphatic rings. The predicted octanol–water partition coefficient (Wildman–Crippen LogP) is 4.72. The third-order valence-corrected chi connectivity index (χ3v) is 4.81. The second kappa shape index (κ2) is 6.50. The Labute approximate surface area is 137 Å². The first kappa shape index (κ1) is 15.1. The van der Waals surface area contributed by atoms with Crippen molar-refractivity contribution in [3.05, 3.63) is 58.6 Å². The van der Waals surface area contributed by atoms with Gasteiger partial charge in [0.2, 0.25) is 0 Å². The molecule has 0 aliphatic carbocycles. The number of amides is 1. The third kappa shape index (κ3) is 3.31. The highest BCUT2D eigenvalue weighted by molar-refractivity contribution is 7.97. The smallest absolute Gasteiger partial charge is 0.255 e. The van der Waals surface area contributed by atoms with E-state index in [0.29, 0.717) is 5.56 Å². The number of anilines is 1. The number of rotatable bonds is 4. The zero-order valence-corrected chi connectivity index (χ0v) is 14.1. The Bertz CT molecular complexity index is 826. The molecule has 0 radical (unpaired) electrons. The first-order valence-electron chi connectivity index (χ1n) is 6.92. The molecule has 1 amide bonds. The Morgan fingerprint density at radius 3 is 2.95 bits per heavy atom. The van der Waals surface area contributed by atoms with Crippen molar-refractivity contribution in [2.75, 3.05) is 11.6 Å². The SMILES string of the molecule is CSCc1cccc(C(=O)Nc2ccc3nc(C)sc3c2)c1. The number of aromatic nitrogens is 1. The maximum Gasteiger partial charge on any atom is 0.255 e. The highest BCUT2D eigenvalue weighted by atomic mass is 32.2. The first-order chi connectivity index (χ1) is 10.7. The fourth-order valence-corrected chi connectivity index (χ4v) is 3.67. The average molecular weight is 328 g/mol. The van der Waals surface area contributed by atoms with E-state index in [1.54, 1.807) is 23.1 Å².